The van der Waals surface area contributed by atoms with Gasteiger partial charge in [0.1, 0.15) is 0 Å². The maximum Gasteiger partial charge on any atom is 0.362 e. The first-order valence-electron chi connectivity index (χ1n) is 5.31. The van der Waals surface area contributed by atoms with E-state index in [1.807, 2.05) is 6.92 Å². The average molecular weight is 281 g/mol. The van der Waals surface area contributed by atoms with Gasteiger partial charge in [0.15, 0.2) is 6.33 Å². The molecule has 8 heteroatoms. The molecule has 0 unspecified atom stereocenters. The second-order valence-corrected chi connectivity index (χ2v) is 5.92. The number of benzene rings is 1. The van der Waals surface area contributed by atoms with Crippen LogP contribution in [0.1, 0.15) is 5.56 Å². The summed E-state index contributed by atoms with van der Waals surface area (Å²) in [7, 11) is -2.61. The number of rotatable bonds is 3. The largest absolute Gasteiger partial charge is 0.362 e. The van der Waals surface area contributed by atoms with Gasteiger partial charge in [0.2, 0.25) is 9.84 Å². The van der Waals surface area contributed by atoms with Gasteiger partial charge >= 0.3 is 5.82 Å². The van der Waals surface area contributed by atoms with Gasteiger partial charge in [-0.3, -0.25) is 0 Å². The van der Waals surface area contributed by atoms with Gasteiger partial charge in [0.05, 0.1) is 11.9 Å². The molecule has 1 aromatic heterocycles. The van der Waals surface area contributed by atoms with E-state index in [1.54, 1.807) is 12.1 Å². The van der Waals surface area contributed by atoms with Crippen LogP contribution in [0, 0.1) is 17.0 Å². The van der Waals surface area contributed by atoms with Crippen molar-refractivity contribution in [2.24, 2.45) is 7.05 Å². The van der Waals surface area contributed by atoms with Crippen LogP contribution in [0.2, 0.25) is 0 Å². The van der Waals surface area contributed by atoms with E-state index in [9.17, 15) is 18.5 Å². The first kappa shape index (κ1) is 13.2. The molecule has 0 saturated carbocycles. The van der Waals surface area contributed by atoms with E-state index in [1.165, 1.54) is 19.2 Å². The third kappa shape index (κ3) is 2.22. The molecule has 7 nitrogen and oxygen atoms in total. The lowest BCUT2D eigenvalue weighted by Gasteiger charge is -2.02. The predicted molar refractivity (Wildman–Crippen MR) is 66.5 cm³/mol. The highest BCUT2D eigenvalue weighted by atomic mass is 32.2. The number of aryl methyl sites for hydroxylation is 2. The van der Waals surface area contributed by atoms with Crippen LogP contribution in [-0.4, -0.2) is 22.9 Å². The lowest BCUT2D eigenvalue weighted by Crippen LogP contribution is -2.07. The Morgan fingerprint density at radius 3 is 2.37 bits per heavy atom. The van der Waals surface area contributed by atoms with Crippen molar-refractivity contribution in [2.45, 2.75) is 16.8 Å². The molecule has 0 aliphatic rings. The van der Waals surface area contributed by atoms with Crippen molar-refractivity contribution in [3.8, 4) is 0 Å². The fraction of sp³-hybridized carbons (Fsp3) is 0.182. The Morgan fingerprint density at radius 2 is 1.84 bits per heavy atom. The topological polar surface area (TPSA) is 95.1 Å². The normalized spacial score (nSPS) is 11.5. The summed E-state index contributed by atoms with van der Waals surface area (Å²) in [4.78, 5) is 13.8. The summed E-state index contributed by atoms with van der Waals surface area (Å²) in [6.07, 6.45) is 1.11. The highest BCUT2D eigenvalue weighted by molar-refractivity contribution is 7.91. The number of hydrogen-bond acceptors (Lipinski definition) is 5. The van der Waals surface area contributed by atoms with E-state index in [4.69, 9.17) is 0 Å². The van der Waals surface area contributed by atoms with E-state index in [2.05, 4.69) is 4.98 Å². The van der Waals surface area contributed by atoms with Crippen LogP contribution in [-0.2, 0) is 16.9 Å². The van der Waals surface area contributed by atoms with Crippen LogP contribution in [0.3, 0.4) is 0 Å². The Hall–Kier alpha value is -2.22. The van der Waals surface area contributed by atoms with Crippen molar-refractivity contribution in [1.29, 1.82) is 0 Å². The van der Waals surface area contributed by atoms with Crippen LogP contribution in [0.25, 0.3) is 0 Å². The maximum absolute atomic E-state index is 12.3. The third-order valence-electron chi connectivity index (χ3n) is 2.63. The van der Waals surface area contributed by atoms with Crippen molar-refractivity contribution in [1.82, 2.24) is 9.55 Å². The number of nitrogens with zero attached hydrogens (tertiary/aromatic N) is 3. The summed E-state index contributed by atoms with van der Waals surface area (Å²) >= 11 is 0. The van der Waals surface area contributed by atoms with Crippen molar-refractivity contribution in [3.05, 3.63) is 46.3 Å². The van der Waals surface area contributed by atoms with Gasteiger partial charge in [-0.15, -0.1) is 0 Å². The molecule has 0 spiro atoms. The Morgan fingerprint density at radius 1 is 1.26 bits per heavy atom. The summed E-state index contributed by atoms with van der Waals surface area (Å²) in [6.45, 7) is 1.82. The average Bonchev–Trinajstić information content (AvgIpc) is 2.72. The van der Waals surface area contributed by atoms with Crippen LogP contribution in [0.5, 0.6) is 0 Å². The fourth-order valence-electron chi connectivity index (χ4n) is 1.63. The van der Waals surface area contributed by atoms with Crippen LogP contribution >= 0.6 is 0 Å². The molecule has 0 radical (unpaired) electrons. The summed E-state index contributed by atoms with van der Waals surface area (Å²) in [6, 6.07) is 6.06. The quantitative estimate of drug-likeness (QED) is 0.627. The van der Waals surface area contributed by atoms with Gasteiger partial charge in [-0.2, -0.15) is 4.98 Å². The molecular formula is C11H11N3O4S. The first-order valence-corrected chi connectivity index (χ1v) is 6.80. The molecule has 1 aromatic carbocycles. The van der Waals surface area contributed by atoms with Crippen LogP contribution in [0.4, 0.5) is 5.82 Å². The number of nitro groups is 1. The molecule has 0 aliphatic carbocycles. The van der Waals surface area contributed by atoms with Gasteiger partial charge in [-0.05, 0) is 24.0 Å². The molecule has 0 aliphatic heterocycles. The second-order valence-electron chi connectivity index (χ2n) is 4.06. The highest BCUT2D eigenvalue weighted by Gasteiger charge is 2.32. The van der Waals surface area contributed by atoms with Crippen LogP contribution in [0.15, 0.2) is 40.5 Å². The summed E-state index contributed by atoms with van der Waals surface area (Å²) in [5, 5.41) is 10.4. The Labute approximate surface area is 109 Å². The van der Waals surface area contributed by atoms with Crippen molar-refractivity contribution < 1.29 is 13.3 Å². The third-order valence-corrected chi connectivity index (χ3v) is 4.32. The molecule has 0 amide bonds. The number of imidazole rings is 1. The van der Waals surface area contributed by atoms with Crippen molar-refractivity contribution >= 4 is 15.7 Å². The number of aromatic nitrogens is 2. The molecule has 1 heterocycles. The molecule has 100 valence electrons. The zero-order chi connectivity index (χ0) is 14.2. The van der Waals surface area contributed by atoms with Gasteiger partial charge in [0, 0.05) is 0 Å². The fourth-order valence-corrected chi connectivity index (χ4v) is 2.99. The Kier molecular flexibility index (Phi) is 3.11. The molecule has 0 fully saturated rings. The number of hydrogen-bond donors (Lipinski definition) is 0. The first-order chi connectivity index (χ1) is 8.84. The molecule has 2 aromatic rings. The van der Waals surface area contributed by atoms with Gasteiger partial charge < -0.3 is 10.1 Å². The van der Waals surface area contributed by atoms with Gasteiger partial charge in [-0.25, -0.2) is 13.0 Å². The molecule has 2 rings (SSSR count). The number of sulfone groups is 1. The van der Waals surface area contributed by atoms with Crippen LogP contribution < -0.4 is 0 Å². The smallest absolute Gasteiger partial charge is 0.358 e. The Bertz CT molecular complexity index is 732. The van der Waals surface area contributed by atoms with E-state index in [0.717, 1.165) is 16.5 Å². The van der Waals surface area contributed by atoms with Gasteiger partial charge in [-0.1, -0.05) is 17.7 Å². The summed E-state index contributed by atoms with van der Waals surface area (Å²) < 4.78 is 25.7. The Balaban J connectivity index is 2.64. The SMILES string of the molecule is Cc1ccc(S(=O)(=O)c2ncn(C)c2[N+](=O)[O-])cc1. The highest BCUT2D eigenvalue weighted by Crippen LogP contribution is 2.27. The van der Waals surface area contributed by atoms with E-state index >= 15 is 0 Å². The molecule has 0 atom stereocenters. The van der Waals surface area contributed by atoms with E-state index in [-0.39, 0.29) is 4.90 Å². The molecule has 0 bridgehead atoms. The zero-order valence-corrected chi connectivity index (χ0v) is 11.1. The predicted octanol–water partition coefficient (Wildman–Crippen LogP) is 1.47. The summed E-state index contributed by atoms with van der Waals surface area (Å²) in [5.41, 5.74) is 0.898. The lowest BCUT2D eigenvalue weighted by atomic mass is 10.2. The minimum absolute atomic E-state index is 0.0140. The molecule has 19 heavy (non-hydrogen) atoms. The maximum atomic E-state index is 12.3. The molecular weight excluding hydrogens is 270 g/mol. The van der Waals surface area contributed by atoms with E-state index in [0.29, 0.717) is 0 Å². The van der Waals surface area contributed by atoms with Gasteiger partial charge in [0.25, 0.3) is 5.03 Å². The van der Waals surface area contributed by atoms with E-state index < -0.39 is 25.6 Å². The zero-order valence-electron chi connectivity index (χ0n) is 10.3. The standard InChI is InChI=1S/C11H11N3O4S/c1-8-3-5-9(6-4-8)19(17,18)10-11(14(15)16)13(2)7-12-10/h3-7H,1-2H3. The molecule has 0 saturated heterocycles. The second kappa shape index (κ2) is 4.47. The minimum Gasteiger partial charge on any atom is -0.358 e. The monoisotopic (exact) mass is 281 g/mol. The van der Waals surface area contributed by atoms with Crippen molar-refractivity contribution in [2.75, 3.05) is 0 Å². The summed E-state index contributed by atoms with van der Waals surface area (Å²) in [5.74, 6) is -0.541. The minimum atomic E-state index is -3.98. The van der Waals surface area contributed by atoms with Crippen molar-refractivity contribution in [3.63, 3.8) is 0 Å². The lowest BCUT2D eigenvalue weighted by molar-refractivity contribution is -0.394. The molecule has 0 N–H and O–H groups in total.